The summed E-state index contributed by atoms with van der Waals surface area (Å²) in [5.74, 6) is 0.484. The second-order valence-electron chi connectivity index (χ2n) is 4.80. The number of nitrogens with zero attached hydrogens (tertiary/aromatic N) is 1. The Balaban J connectivity index is 2.07. The summed E-state index contributed by atoms with van der Waals surface area (Å²) in [6.45, 7) is 2.36. The van der Waals surface area contributed by atoms with E-state index in [2.05, 4.69) is 5.32 Å². The first kappa shape index (κ1) is 15.0. The SMILES string of the molecule is COc1cccc([C@@H](C)NCc2cc(C#N)ccc2F)c1. The molecule has 0 aliphatic rings. The van der Waals surface area contributed by atoms with Gasteiger partial charge < -0.3 is 10.1 Å². The fourth-order valence-corrected chi connectivity index (χ4v) is 2.07. The summed E-state index contributed by atoms with van der Waals surface area (Å²) in [6.07, 6.45) is 0. The quantitative estimate of drug-likeness (QED) is 0.913. The first-order chi connectivity index (χ1) is 10.1. The molecule has 0 aliphatic heterocycles. The van der Waals surface area contributed by atoms with E-state index in [-0.39, 0.29) is 11.9 Å². The number of halogens is 1. The Labute approximate surface area is 124 Å². The molecular weight excluding hydrogens is 267 g/mol. The molecule has 1 N–H and O–H groups in total. The van der Waals surface area contributed by atoms with Crippen LogP contribution < -0.4 is 10.1 Å². The van der Waals surface area contributed by atoms with Crippen LogP contribution in [0.15, 0.2) is 42.5 Å². The molecule has 0 spiro atoms. The van der Waals surface area contributed by atoms with Crippen molar-refractivity contribution in [2.45, 2.75) is 19.5 Å². The number of methoxy groups -OCH3 is 1. The molecule has 0 fully saturated rings. The van der Waals surface area contributed by atoms with Crippen molar-refractivity contribution in [3.05, 3.63) is 65.0 Å². The lowest BCUT2D eigenvalue weighted by Crippen LogP contribution is -2.19. The summed E-state index contributed by atoms with van der Waals surface area (Å²) < 4.78 is 18.9. The molecule has 0 radical (unpaired) electrons. The van der Waals surface area contributed by atoms with Crippen molar-refractivity contribution in [2.24, 2.45) is 0 Å². The molecule has 0 unspecified atom stereocenters. The molecule has 1 atom stereocenters. The summed E-state index contributed by atoms with van der Waals surface area (Å²) in [7, 11) is 1.62. The average molecular weight is 284 g/mol. The van der Waals surface area contributed by atoms with Gasteiger partial charge >= 0.3 is 0 Å². The summed E-state index contributed by atoms with van der Waals surface area (Å²) in [5.41, 5.74) is 2.01. The van der Waals surface area contributed by atoms with Crippen molar-refractivity contribution in [3.8, 4) is 11.8 Å². The van der Waals surface area contributed by atoms with Gasteiger partial charge in [-0.15, -0.1) is 0 Å². The van der Waals surface area contributed by atoms with Crippen LogP contribution in [0.1, 0.15) is 29.7 Å². The number of hydrogen-bond donors (Lipinski definition) is 1. The van der Waals surface area contributed by atoms with Crippen molar-refractivity contribution < 1.29 is 9.13 Å². The van der Waals surface area contributed by atoms with Gasteiger partial charge in [0, 0.05) is 18.2 Å². The summed E-state index contributed by atoms with van der Waals surface area (Å²) in [5, 5.41) is 12.1. The fourth-order valence-electron chi connectivity index (χ4n) is 2.07. The second kappa shape index (κ2) is 6.87. The third-order valence-electron chi connectivity index (χ3n) is 3.37. The van der Waals surface area contributed by atoms with Gasteiger partial charge in [-0.1, -0.05) is 12.1 Å². The van der Waals surface area contributed by atoms with Gasteiger partial charge in [0.15, 0.2) is 0 Å². The molecule has 2 aromatic rings. The number of ether oxygens (including phenoxy) is 1. The monoisotopic (exact) mass is 284 g/mol. The Kier molecular flexibility index (Phi) is 4.91. The molecule has 0 aliphatic carbocycles. The zero-order valence-electron chi connectivity index (χ0n) is 12.1. The molecule has 21 heavy (non-hydrogen) atoms. The molecule has 0 aromatic heterocycles. The van der Waals surface area contributed by atoms with Crippen LogP contribution in [0, 0.1) is 17.1 Å². The molecule has 3 nitrogen and oxygen atoms in total. The van der Waals surface area contributed by atoms with Crippen LogP contribution in [-0.4, -0.2) is 7.11 Å². The van der Waals surface area contributed by atoms with Gasteiger partial charge in [-0.2, -0.15) is 5.26 Å². The Bertz CT molecular complexity index is 664. The molecule has 0 bridgehead atoms. The Morgan fingerprint density at radius 1 is 1.29 bits per heavy atom. The first-order valence-corrected chi connectivity index (χ1v) is 6.70. The average Bonchev–Trinajstić information content (AvgIpc) is 2.53. The standard InChI is InChI=1S/C17H17FN2O/c1-12(14-4-3-5-16(9-14)21-2)20-11-15-8-13(10-19)6-7-17(15)18/h3-9,12,20H,11H2,1-2H3/t12-/m1/s1. The second-order valence-corrected chi connectivity index (χ2v) is 4.80. The number of nitriles is 1. The van der Waals surface area contributed by atoms with E-state index < -0.39 is 0 Å². The summed E-state index contributed by atoms with van der Waals surface area (Å²) in [4.78, 5) is 0. The third kappa shape index (κ3) is 3.80. The van der Waals surface area contributed by atoms with Gasteiger partial charge in [-0.25, -0.2) is 4.39 Å². The molecule has 0 saturated carbocycles. The van der Waals surface area contributed by atoms with E-state index in [1.165, 1.54) is 12.1 Å². The number of hydrogen-bond acceptors (Lipinski definition) is 3. The van der Waals surface area contributed by atoms with E-state index in [0.717, 1.165) is 11.3 Å². The van der Waals surface area contributed by atoms with Crippen LogP contribution >= 0.6 is 0 Å². The van der Waals surface area contributed by atoms with Crippen LogP contribution in [0.5, 0.6) is 5.75 Å². The lowest BCUT2D eigenvalue weighted by atomic mass is 10.1. The summed E-state index contributed by atoms with van der Waals surface area (Å²) in [6, 6.07) is 14.2. The normalized spacial score (nSPS) is 11.7. The zero-order chi connectivity index (χ0) is 15.2. The zero-order valence-corrected chi connectivity index (χ0v) is 12.1. The van der Waals surface area contributed by atoms with Crippen molar-refractivity contribution in [2.75, 3.05) is 7.11 Å². The van der Waals surface area contributed by atoms with Crippen molar-refractivity contribution in [3.63, 3.8) is 0 Å². The highest BCUT2D eigenvalue weighted by Crippen LogP contribution is 2.19. The maximum Gasteiger partial charge on any atom is 0.127 e. The maximum atomic E-state index is 13.7. The molecule has 0 amide bonds. The molecule has 4 heteroatoms. The van der Waals surface area contributed by atoms with Crippen molar-refractivity contribution >= 4 is 0 Å². The minimum atomic E-state index is -0.306. The van der Waals surface area contributed by atoms with Gasteiger partial charge in [0.25, 0.3) is 0 Å². The van der Waals surface area contributed by atoms with E-state index in [1.807, 2.05) is 37.3 Å². The lowest BCUT2D eigenvalue weighted by molar-refractivity contribution is 0.413. The Hall–Kier alpha value is -2.38. The van der Waals surface area contributed by atoms with Gasteiger partial charge in [-0.05, 0) is 42.8 Å². The Morgan fingerprint density at radius 2 is 2.10 bits per heavy atom. The molecule has 108 valence electrons. The van der Waals surface area contributed by atoms with E-state index in [4.69, 9.17) is 10.00 Å². The minimum absolute atomic E-state index is 0.0465. The van der Waals surface area contributed by atoms with Gasteiger partial charge in [-0.3, -0.25) is 0 Å². The third-order valence-corrected chi connectivity index (χ3v) is 3.37. The molecular formula is C17H17FN2O. The van der Waals surface area contributed by atoms with E-state index in [0.29, 0.717) is 17.7 Å². The van der Waals surface area contributed by atoms with E-state index in [1.54, 1.807) is 13.2 Å². The first-order valence-electron chi connectivity index (χ1n) is 6.70. The number of benzene rings is 2. The lowest BCUT2D eigenvalue weighted by Gasteiger charge is -2.15. The van der Waals surface area contributed by atoms with Crippen LogP contribution in [0.4, 0.5) is 4.39 Å². The minimum Gasteiger partial charge on any atom is -0.497 e. The van der Waals surface area contributed by atoms with Crippen LogP contribution in [0.25, 0.3) is 0 Å². The number of nitrogens with one attached hydrogen (secondary N) is 1. The highest BCUT2D eigenvalue weighted by molar-refractivity contribution is 5.34. The molecule has 2 rings (SSSR count). The van der Waals surface area contributed by atoms with Crippen molar-refractivity contribution in [1.29, 1.82) is 5.26 Å². The smallest absolute Gasteiger partial charge is 0.127 e. The predicted octanol–water partition coefficient (Wildman–Crippen LogP) is 3.56. The largest absolute Gasteiger partial charge is 0.497 e. The van der Waals surface area contributed by atoms with Crippen LogP contribution in [0.2, 0.25) is 0 Å². The molecule has 0 saturated heterocycles. The topological polar surface area (TPSA) is 45.0 Å². The highest BCUT2D eigenvalue weighted by Gasteiger charge is 2.08. The number of rotatable bonds is 5. The van der Waals surface area contributed by atoms with Crippen molar-refractivity contribution in [1.82, 2.24) is 5.32 Å². The predicted molar refractivity (Wildman–Crippen MR) is 79.4 cm³/mol. The van der Waals surface area contributed by atoms with Gasteiger partial charge in [0.05, 0.1) is 18.7 Å². The summed E-state index contributed by atoms with van der Waals surface area (Å²) >= 11 is 0. The molecule has 2 aromatic carbocycles. The highest BCUT2D eigenvalue weighted by atomic mass is 19.1. The van der Waals surface area contributed by atoms with Crippen LogP contribution in [0.3, 0.4) is 0 Å². The fraction of sp³-hybridized carbons (Fsp3) is 0.235. The van der Waals surface area contributed by atoms with Crippen LogP contribution in [-0.2, 0) is 6.54 Å². The van der Waals surface area contributed by atoms with E-state index in [9.17, 15) is 4.39 Å². The maximum absolute atomic E-state index is 13.7. The van der Waals surface area contributed by atoms with Gasteiger partial charge in [0.1, 0.15) is 11.6 Å². The van der Waals surface area contributed by atoms with E-state index >= 15 is 0 Å². The van der Waals surface area contributed by atoms with Gasteiger partial charge in [0.2, 0.25) is 0 Å². The molecule has 0 heterocycles. The Morgan fingerprint density at radius 3 is 2.81 bits per heavy atom.